The van der Waals surface area contributed by atoms with Gasteiger partial charge < -0.3 is 16.0 Å². The normalized spacial score (nSPS) is 35.4. The summed E-state index contributed by atoms with van der Waals surface area (Å²) >= 11 is 0. The fraction of sp³-hybridized carbons (Fsp3) is 0.778. The fourth-order valence-electron chi connectivity index (χ4n) is 5.50. The number of hydrogen-bond acceptors (Lipinski definition) is 6. The fourth-order valence-corrected chi connectivity index (χ4v) is 5.50. The average Bonchev–Trinajstić information content (AvgIpc) is 3.30. The van der Waals surface area contributed by atoms with Crippen molar-refractivity contribution in [3.63, 3.8) is 0 Å². The largest absolute Gasteiger partial charge is 0.368 e. The van der Waals surface area contributed by atoms with Crippen LogP contribution in [0.5, 0.6) is 0 Å². The minimum Gasteiger partial charge on any atom is -0.368 e. The van der Waals surface area contributed by atoms with Crippen LogP contribution in [-0.2, 0) is 0 Å². The highest BCUT2D eigenvalue weighted by molar-refractivity contribution is 5.53. The molecule has 2 saturated heterocycles. The molecule has 1 aromatic heterocycles. The van der Waals surface area contributed by atoms with Gasteiger partial charge in [-0.05, 0) is 50.5 Å². The molecule has 4 aliphatic rings. The van der Waals surface area contributed by atoms with E-state index in [4.69, 9.17) is 5.73 Å². The summed E-state index contributed by atoms with van der Waals surface area (Å²) in [6, 6.07) is 3.39. The Hall–Kier alpha value is -1.56. The van der Waals surface area contributed by atoms with Gasteiger partial charge >= 0.3 is 0 Å². The van der Waals surface area contributed by atoms with E-state index in [-0.39, 0.29) is 0 Å². The van der Waals surface area contributed by atoms with Crippen molar-refractivity contribution in [1.29, 1.82) is 0 Å². The van der Waals surface area contributed by atoms with Crippen molar-refractivity contribution in [3.05, 3.63) is 6.07 Å². The van der Waals surface area contributed by atoms with Gasteiger partial charge in [0, 0.05) is 37.8 Å². The van der Waals surface area contributed by atoms with Crippen LogP contribution in [0.25, 0.3) is 0 Å². The molecule has 1 aromatic rings. The van der Waals surface area contributed by atoms with E-state index < -0.39 is 0 Å². The van der Waals surface area contributed by atoms with E-state index in [1.165, 1.54) is 45.1 Å². The third-order valence-electron chi connectivity index (χ3n) is 6.71. The maximum atomic E-state index is 6.02. The second kappa shape index (κ2) is 5.76. The predicted molar refractivity (Wildman–Crippen MR) is 96.1 cm³/mol. The molecule has 0 amide bonds. The monoisotopic (exact) mass is 328 g/mol. The number of aromatic nitrogens is 2. The minimum atomic E-state index is 0.395. The molecule has 24 heavy (non-hydrogen) atoms. The molecule has 2 aliphatic carbocycles. The Morgan fingerprint density at radius 2 is 2.04 bits per heavy atom. The zero-order valence-corrected chi connectivity index (χ0v) is 14.3. The van der Waals surface area contributed by atoms with Crippen molar-refractivity contribution in [2.75, 3.05) is 42.1 Å². The van der Waals surface area contributed by atoms with Crippen molar-refractivity contribution in [1.82, 2.24) is 14.9 Å². The summed E-state index contributed by atoms with van der Waals surface area (Å²) in [5.41, 5.74) is 6.02. The van der Waals surface area contributed by atoms with Crippen LogP contribution < -0.4 is 16.0 Å². The second-order valence-corrected chi connectivity index (χ2v) is 8.17. The van der Waals surface area contributed by atoms with Gasteiger partial charge in [-0.15, -0.1) is 0 Å². The van der Waals surface area contributed by atoms with Crippen LogP contribution in [0.3, 0.4) is 0 Å². The van der Waals surface area contributed by atoms with Crippen LogP contribution in [0, 0.1) is 11.8 Å². The summed E-state index contributed by atoms with van der Waals surface area (Å²) in [5.74, 6) is 4.08. The van der Waals surface area contributed by atoms with Gasteiger partial charge in [0.1, 0.15) is 11.6 Å². The zero-order valence-electron chi connectivity index (χ0n) is 14.3. The van der Waals surface area contributed by atoms with Gasteiger partial charge in [-0.3, -0.25) is 4.90 Å². The van der Waals surface area contributed by atoms with Gasteiger partial charge in [0.2, 0.25) is 5.95 Å². The number of nitrogens with zero attached hydrogens (tertiary/aromatic N) is 4. The topological polar surface area (TPSA) is 70.3 Å². The van der Waals surface area contributed by atoms with Crippen LogP contribution in [0.4, 0.5) is 17.6 Å². The molecule has 3 heterocycles. The van der Waals surface area contributed by atoms with E-state index in [2.05, 4.69) is 31.2 Å². The average molecular weight is 328 g/mol. The maximum absolute atomic E-state index is 6.02. The first-order chi connectivity index (χ1) is 11.7. The Kier molecular flexibility index (Phi) is 3.54. The summed E-state index contributed by atoms with van der Waals surface area (Å²) in [4.78, 5) is 14.0. The van der Waals surface area contributed by atoms with E-state index in [1.54, 1.807) is 0 Å². The number of anilines is 3. The van der Waals surface area contributed by atoms with Crippen LogP contribution in [0.15, 0.2) is 6.07 Å². The summed E-state index contributed by atoms with van der Waals surface area (Å²) in [6.45, 7) is 4.52. The molecule has 6 heteroatoms. The highest BCUT2D eigenvalue weighted by Crippen LogP contribution is 2.45. The standard InChI is InChI=1S/C18H28N6/c19-18-21-16(20-15-9-12-3-4-13(15)8-12)10-17(22-18)24-7-6-23-5-1-2-14(23)11-24/h10,12-15H,1-9,11H2,(H3,19,20,21,22). The zero-order chi connectivity index (χ0) is 16.1. The Labute approximate surface area is 143 Å². The van der Waals surface area contributed by atoms with Gasteiger partial charge in [-0.25, -0.2) is 0 Å². The number of rotatable bonds is 3. The maximum Gasteiger partial charge on any atom is 0.223 e. The number of nitrogen functional groups attached to an aromatic ring is 1. The molecule has 6 nitrogen and oxygen atoms in total. The Morgan fingerprint density at radius 1 is 1.08 bits per heavy atom. The lowest BCUT2D eigenvalue weighted by Gasteiger charge is -2.38. The highest BCUT2D eigenvalue weighted by atomic mass is 15.3. The molecule has 3 N–H and O–H groups in total. The minimum absolute atomic E-state index is 0.395. The number of piperazine rings is 1. The van der Waals surface area contributed by atoms with E-state index in [9.17, 15) is 0 Å². The van der Waals surface area contributed by atoms with Gasteiger partial charge in [-0.2, -0.15) is 9.97 Å². The Bertz CT molecular complexity index is 620. The molecule has 130 valence electrons. The van der Waals surface area contributed by atoms with E-state index in [0.717, 1.165) is 43.1 Å². The molecule has 2 aliphatic heterocycles. The van der Waals surface area contributed by atoms with Crippen molar-refractivity contribution >= 4 is 17.6 Å². The molecular weight excluding hydrogens is 300 g/mol. The molecule has 4 fully saturated rings. The van der Waals surface area contributed by atoms with Crippen molar-refractivity contribution in [2.24, 2.45) is 11.8 Å². The van der Waals surface area contributed by atoms with E-state index in [1.807, 2.05) is 0 Å². The van der Waals surface area contributed by atoms with Crippen LogP contribution >= 0.6 is 0 Å². The van der Waals surface area contributed by atoms with E-state index >= 15 is 0 Å². The first kappa shape index (κ1) is 14.8. The molecule has 5 rings (SSSR count). The van der Waals surface area contributed by atoms with Crippen molar-refractivity contribution < 1.29 is 0 Å². The Balaban J connectivity index is 1.32. The lowest BCUT2D eigenvalue weighted by atomic mass is 9.95. The summed E-state index contributed by atoms with van der Waals surface area (Å²) in [6.07, 6.45) is 8.14. The van der Waals surface area contributed by atoms with Gasteiger partial charge in [0.25, 0.3) is 0 Å². The highest BCUT2D eigenvalue weighted by Gasteiger charge is 2.39. The molecule has 4 unspecified atom stereocenters. The van der Waals surface area contributed by atoms with Gasteiger partial charge in [0.15, 0.2) is 0 Å². The summed E-state index contributed by atoms with van der Waals surface area (Å²) < 4.78 is 0. The van der Waals surface area contributed by atoms with E-state index in [0.29, 0.717) is 18.0 Å². The van der Waals surface area contributed by atoms with Gasteiger partial charge in [-0.1, -0.05) is 6.42 Å². The first-order valence-corrected chi connectivity index (χ1v) is 9.65. The van der Waals surface area contributed by atoms with Crippen molar-refractivity contribution in [3.8, 4) is 0 Å². The van der Waals surface area contributed by atoms with Crippen molar-refractivity contribution in [2.45, 2.75) is 50.6 Å². The quantitative estimate of drug-likeness (QED) is 0.884. The third kappa shape index (κ3) is 2.61. The van der Waals surface area contributed by atoms with Crippen LogP contribution in [0.2, 0.25) is 0 Å². The number of nitrogens with two attached hydrogens (primary N) is 1. The molecule has 0 aromatic carbocycles. The summed E-state index contributed by atoms with van der Waals surface area (Å²) in [5, 5.41) is 3.67. The molecule has 0 spiro atoms. The molecule has 2 saturated carbocycles. The first-order valence-electron chi connectivity index (χ1n) is 9.65. The van der Waals surface area contributed by atoms with Crippen LogP contribution in [0.1, 0.15) is 38.5 Å². The second-order valence-electron chi connectivity index (χ2n) is 8.17. The van der Waals surface area contributed by atoms with Crippen LogP contribution in [-0.4, -0.2) is 53.1 Å². The number of hydrogen-bond donors (Lipinski definition) is 2. The number of fused-ring (bicyclic) bond motifs is 3. The smallest absolute Gasteiger partial charge is 0.223 e. The SMILES string of the molecule is Nc1nc(NC2CC3CCC2C3)cc(N2CCN3CCCC3C2)n1. The Morgan fingerprint density at radius 3 is 2.88 bits per heavy atom. The lowest BCUT2D eigenvalue weighted by molar-refractivity contribution is 0.230. The van der Waals surface area contributed by atoms with Gasteiger partial charge in [0.05, 0.1) is 0 Å². The predicted octanol–water partition coefficient (Wildman–Crippen LogP) is 1.94. The summed E-state index contributed by atoms with van der Waals surface area (Å²) in [7, 11) is 0. The molecular formula is C18H28N6. The third-order valence-corrected chi connectivity index (χ3v) is 6.71. The number of nitrogens with one attached hydrogen (secondary N) is 1. The lowest BCUT2D eigenvalue weighted by Crippen LogP contribution is -2.50. The molecule has 0 radical (unpaired) electrons. The molecule has 4 atom stereocenters. The molecule has 2 bridgehead atoms.